The molecule has 2 aromatic heterocycles. The van der Waals surface area contributed by atoms with Gasteiger partial charge in [-0.1, -0.05) is 11.6 Å². The van der Waals surface area contributed by atoms with Crippen molar-refractivity contribution < 1.29 is 4.52 Å². The third kappa shape index (κ3) is 3.35. The molecule has 2 aromatic rings. The minimum absolute atomic E-state index is 0.530. The summed E-state index contributed by atoms with van der Waals surface area (Å²) in [4.78, 5) is 2.51. The highest BCUT2D eigenvalue weighted by Gasteiger charge is 2.24. The van der Waals surface area contributed by atoms with E-state index in [-0.39, 0.29) is 0 Å². The van der Waals surface area contributed by atoms with E-state index in [4.69, 9.17) is 4.52 Å². The molecule has 1 saturated heterocycles. The van der Waals surface area contributed by atoms with Gasteiger partial charge in [0.05, 0.1) is 24.5 Å². The molecule has 0 unspecified atom stereocenters. The molecule has 0 radical (unpaired) electrons. The van der Waals surface area contributed by atoms with Crippen molar-refractivity contribution >= 4 is 0 Å². The Bertz CT molecular complexity index is 601. The normalized spacial score (nSPS) is 20.0. The lowest BCUT2D eigenvalue weighted by molar-refractivity contribution is 0.109. The topological polar surface area (TPSA) is 47.1 Å². The zero-order valence-corrected chi connectivity index (χ0v) is 13.2. The Morgan fingerprint density at radius 3 is 2.71 bits per heavy atom. The standard InChI is InChI=1S/C16H24N4O/c1-12-8-14(3)20(17-12)10-15-6-4-5-7-19(15)11-16-9-13(2)18-21-16/h8-9,15H,4-7,10-11H2,1-3H3/t15-/m0/s1. The van der Waals surface area contributed by atoms with Gasteiger partial charge < -0.3 is 4.52 Å². The second kappa shape index (κ2) is 6.02. The van der Waals surface area contributed by atoms with Crippen LogP contribution in [-0.2, 0) is 13.1 Å². The van der Waals surface area contributed by atoms with Crippen LogP contribution in [-0.4, -0.2) is 32.4 Å². The molecule has 0 spiro atoms. The number of nitrogens with zero attached hydrogens (tertiary/aromatic N) is 4. The molecule has 0 saturated carbocycles. The minimum Gasteiger partial charge on any atom is -0.360 e. The third-order valence-electron chi connectivity index (χ3n) is 4.27. The van der Waals surface area contributed by atoms with Crippen LogP contribution in [0.15, 0.2) is 16.7 Å². The number of aromatic nitrogens is 3. The molecular formula is C16H24N4O. The molecule has 1 atom stereocenters. The summed E-state index contributed by atoms with van der Waals surface area (Å²) in [6.45, 7) is 9.10. The van der Waals surface area contributed by atoms with E-state index in [0.717, 1.165) is 36.8 Å². The first-order valence-corrected chi connectivity index (χ1v) is 7.79. The van der Waals surface area contributed by atoms with Crippen LogP contribution in [0.2, 0.25) is 0 Å². The molecule has 5 heteroatoms. The molecule has 3 heterocycles. The Morgan fingerprint density at radius 2 is 2.05 bits per heavy atom. The molecule has 0 N–H and O–H groups in total. The lowest BCUT2D eigenvalue weighted by Gasteiger charge is -2.35. The van der Waals surface area contributed by atoms with Crippen molar-refractivity contribution in [3.8, 4) is 0 Å². The van der Waals surface area contributed by atoms with E-state index in [1.165, 1.54) is 25.0 Å². The summed E-state index contributed by atoms with van der Waals surface area (Å²) >= 11 is 0. The number of rotatable bonds is 4. The Morgan fingerprint density at radius 1 is 1.19 bits per heavy atom. The lowest BCUT2D eigenvalue weighted by Crippen LogP contribution is -2.41. The largest absolute Gasteiger partial charge is 0.360 e. The van der Waals surface area contributed by atoms with E-state index in [9.17, 15) is 0 Å². The van der Waals surface area contributed by atoms with Crippen LogP contribution in [0.1, 0.15) is 42.1 Å². The maximum atomic E-state index is 5.38. The first-order chi connectivity index (χ1) is 10.1. The Kier molecular flexibility index (Phi) is 4.10. The van der Waals surface area contributed by atoms with E-state index in [2.05, 4.69) is 39.8 Å². The number of hydrogen-bond donors (Lipinski definition) is 0. The molecule has 3 rings (SSSR count). The Hall–Kier alpha value is -1.62. The van der Waals surface area contributed by atoms with Crippen molar-refractivity contribution in [2.75, 3.05) is 6.54 Å². The van der Waals surface area contributed by atoms with Crippen molar-refractivity contribution in [2.24, 2.45) is 0 Å². The van der Waals surface area contributed by atoms with Gasteiger partial charge in [-0.15, -0.1) is 0 Å². The van der Waals surface area contributed by atoms with Crippen molar-refractivity contribution in [3.05, 3.63) is 35.0 Å². The average Bonchev–Trinajstić information content (AvgIpc) is 2.98. The number of hydrogen-bond acceptors (Lipinski definition) is 4. The molecule has 0 aromatic carbocycles. The van der Waals surface area contributed by atoms with Gasteiger partial charge in [-0.05, 0) is 46.2 Å². The third-order valence-corrected chi connectivity index (χ3v) is 4.27. The summed E-state index contributed by atoms with van der Waals surface area (Å²) in [7, 11) is 0. The van der Waals surface area contributed by atoms with Gasteiger partial charge in [0.2, 0.25) is 0 Å². The molecule has 1 fully saturated rings. The molecule has 114 valence electrons. The van der Waals surface area contributed by atoms with Gasteiger partial charge >= 0.3 is 0 Å². The van der Waals surface area contributed by atoms with Gasteiger partial charge in [0, 0.05) is 17.8 Å². The summed E-state index contributed by atoms with van der Waals surface area (Å²) in [5, 5.41) is 8.59. The average molecular weight is 288 g/mol. The van der Waals surface area contributed by atoms with Crippen molar-refractivity contribution in [1.29, 1.82) is 0 Å². The molecule has 21 heavy (non-hydrogen) atoms. The fourth-order valence-corrected chi connectivity index (χ4v) is 3.23. The molecule has 0 amide bonds. The molecular weight excluding hydrogens is 264 g/mol. The number of likely N-dealkylation sites (tertiary alicyclic amines) is 1. The predicted octanol–water partition coefficient (Wildman–Crippen LogP) is 2.85. The maximum Gasteiger partial charge on any atom is 0.150 e. The SMILES string of the molecule is Cc1cc(CN2CCCC[C@H]2Cn2nc(C)cc2C)on1. The van der Waals surface area contributed by atoms with Crippen molar-refractivity contribution in [3.63, 3.8) is 0 Å². The van der Waals surface area contributed by atoms with Crippen LogP contribution in [0, 0.1) is 20.8 Å². The van der Waals surface area contributed by atoms with Crippen molar-refractivity contribution in [1.82, 2.24) is 19.8 Å². The molecule has 5 nitrogen and oxygen atoms in total. The summed E-state index contributed by atoms with van der Waals surface area (Å²) in [5.41, 5.74) is 3.30. The van der Waals surface area contributed by atoms with Crippen LogP contribution in [0.25, 0.3) is 0 Å². The zero-order valence-electron chi connectivity index (χ0n) is 13.2. The second-order valence-electron chi connectivity index (χ2n) is 6.16. The smallest absolute Gasteiger partial charge is 0.150 e. The van der Waals surface area contributed by atoms with Gasteiger partial charge in [-0.2, -0.15) is 5.10 Å². The van der Waals surface area contributed by atoms with Gasteiger partial charge in [0.1, 0.15) is 0 Å². The summed E-state index contributed by atoms with van der Waals surface area (Å²) in [6.07, 6.45) is 3.79. The van der Waals surface area contributed by atoms with Crippen LogP contribution in [0.5, 0.6) is 0 Å². The van der Waals surface area contributed by atoms with Gasteiger partial charge in [-0.25, -0.2) is 0 Å². The summed E-state index contributed by atoms with van der Waals surface area (Å²) in [6, 6.07) is 4.71. The fourth-order valence-electron chi connectivity index (χ4n) is 3.23. The lowest BCUT2D eigenvalue weighted by atomic mass is 10.0. The molecule has 1 aliphatic heterocycles. The zero-order chi connectivity index (χ0) is 14.8. The van der Waals surface area contributed by atoms with Gasteiger partial charge in [0.15, 0.2) is 5.76 Å². The van der Waals surface area contributed by atoms with E-state index in [1.807, 2.05) is 13.0 Å². The number of piperidine rings is 1. The molecule has 0 aliphatic carbocycles. The Labute approximate surface area is 125 Å². The van der Waals surface area contributed by atoms with Crippen LogP contribution < -0.4 is 0 Å². The minimum atomic E-state index is 0.530. The van der Waals surface area contributed by atoms with E-state index >= 15 is 0 Å². The quantitative estimate of drug-likeness (QED) is 0.868. The highest BCUT2D eigenvalue weighted by molar-refractivity contribution is 5.07. The van der Waals surface area contributed by atoms with Gasteiger partial charge in [-0.3, -0.25) is 9.58 Å². The Balaban J connectivity index is 1.70. The monoisotopic (exact) mass is 288 g/mol. The van der Waals surface area contributed by atoms with Crippen LogP contribution >= 0.6 is 0 Å². The summed E-state index contributed by atoms with van der Waals surface area (Å²) < 4.78 is 7.52. The van der Waals surface area contributed by atoms with Crippen LogP contribution in [0.3, 0.4) is 0 Å². The fraction of sp³-hybridized carbons (Fsp3) is 0.625. The van der Waals surface area contributed by atoms with Gasteiger partial charge in [0.25, 0.3) is 0 Å². The van der Waals surface area contributed by atoms with E-state index < -0.39 is 0 Å². The van der Waals surface area contributed by atoms with Crippen LogP contribution in [0.4, 0.5) is 0 Å². The molecule has 0 bridgehead atoms. The highest BCUT2D eigenvalue weighted by atomic mass is 16.5. The summed E-state index contributed by atoms with van der Waals surface area (Å²) in [5.74, 6) is 0.966. The van der Waals surface area contributed by atoms with E-state index in [1.54, 1.807) is 0 Å². The first kappa shape index (κ1) is 14.3. The second-order valence-corrected chi connectivity index (χ2v) is 6.16. The predicted molar refractivity (Wildman–Crippen MR) is 81.0 cm³/mol. The number of aryl methyl sites for hydroxylation is 3. The molecule has 1 aliphatic rings. The highest BCUT2D eigenvalue weighted by Crippen LogP contribution is 2.21. The van der Waals surface area contributed by atoms with Crippen molar-refractivity contribution in [2.45, 2.75) is 59.2 Å². The first-order valence-electron chi connectivity index (χ1n) is 7.79. The maximum absolute atomic E-state index is 5.38. The van der Waals surface area contributed by atoms with E-state index in [0.29, 0.717) is 6.04 Å².